The summed E-state index contributed by atoms with van der Waals surface area (Å²) >= 11 is 1.76. The number of methoxy groups -OCH3 is 2. The zero-order valence-corrected chi connectivity index (χ0v) is 17.9. The zero-order valence-electron chi connectivity index (χ0n) is 17.1. The summed E-state index contributed by atoms with van der Waals surface area (Å²) in [6.07, 6.45) is 2.15. The van der Waals surface area contributed by atoms with Crippen LogP contribution < -0.4 is 24.7 Å². The molecule has 2 heterocycles. The predicted octanol–water partition coefficient (Wildman–Crippen LogP) is 0.929. The van der Waals surface area contributed by atoms with Gasteiger partial charge in [-0.2, -0.15) is 0 Å². The molecule has 1 aliphatic rings. The van der Waals surface area contributed by atoms with Gasteiger partial charge in [-0.1, -0.05) is 23.7 Å². The van der Waals surface area contributed by atoms with Crippen LogP contribution in [0.3, 0.4) is 0 Å². The number of quaternary nitrogens is 1. The Balaban J connectivity index is 1.89. The van der Waals surface area contributed by atoms with Crippen molar-refractivity contribution in [3.63, 3.8) is 0 Å². The average molecular weight is 409 g/mol. The Labute approximate surface area is 171 Å². The van der Waals surface area contributed by atoms with Crippen LogP contribution in [0.4, 0.5) is 5.82 Å². The van der Waals surface area contributed by atoms with Gasteiger partial charge in [0.2, 0.25) is 5.82 Å². The standard InChI is InChI=1S/C20H30N4O3S/c1-4-12-28-20-22-16-14-18(26-3)17(25-2)13-15(16)19(21)24(20)7-5-6-23-8-10-27-11-9-23/h13-14,21H,4-12H2,1-3H3/p+2. The highest BCUT2D eigenvalue weighted by molar-refractivity contribution is 7.99. The van der Waals surface area contributed by atoms with Crippen molar-refractivity contribution < 1.29 is 23.7 Å². The first-order chi connectivity index (χ1) is 13.7. The fraction of sp³-hybridized carbons (Fsp3) is 0.600. The summed E-state index contributed by atoms with van der Waals surface area (Å²) in [4.78, 5) is 6.51. The van der Waals surface area contributed by atoms with Gasteiger partial charge in [-0.05, 0) is 6.42 Å². The van der Waals surface area contributed by atoms with Crippen molar-refractivity contribution in [2.45, 2.75) is 31.5 Å². The first-order valence-electron chi connectivity index (χ1n) is 9.97. The summed E-state index contributed by atoms with van der Waals surface area (Å²) in [5.41, 5.74) is 7.45. The zero-order chi connectivity index (χ0) is 19.9. The number of ether oxygens (including phenoxy) is 3. The van der Waals surface area contributed by atoms with Gasteiger partial charge in [0.1, 0.15) is 13.1 Å². The van der Waals surface area contributed by atoms with Crippen LogP contribution in [0.25, 0.3) is 10.9 Å². The maximum absolute atomic E-state index is 6.61. The van der Waals surface area contributed by atoms with Crippen molar-refractivity contribution >= 4 is 28.5 Å². The number of nitrogens with two attached hydrogens (primary N) is 1. The van der Waals surface area contributed by atoms with Crippen LogP contribution in [0.2, 0.25) is 0 Å². The smallest absolute Gasteiger partial charge is 0.299 e. The summed E-state index contributed by atoms with van der Waals surface area (Å²) < 4.78 is 18.5. The van der Waals surface area contributed by atoms with Crippen LogP contribution >= 0.6 is 11.8 Å². The Hall–Kier alpha value is -1.77. The minimum Gasteiger partial charge on any atom is -0.493 e. The molecule has 1 aromatic heterocycles. The van der Waals surface area contributed by atoms with Crippen LogP contribution in [0.1, 0.15) is 19.8 Å². The second kappa shape index (κ2) is 10.1. The van der Waals surface area contributed by atoms with E-state index in [0.717, 1.165) is 79.9 Å². The van der Waals surface area contributed by atoms with E-state index in [2.05, 4.69) is 11.5 Å². The largest absolute Gasteiger partial charge is 0.493 e. The lowest BCUT2D eigenvalue weighted by molar-refractivity contribution is -0.910. The molecule has 3 N–H and O–H groups in total. The Morgan fingerprint density at radius 1 is 1.21 bits per heavy atom. The van der Waals surface area contributed by atoms with Crippen molar-refractivity contribution in [3.8, 4) is 11.5 Å². The monoisotopic (exact) mass is 408 g/mol. The number of nitrogens with zero attached hydrogens (tertiary/aromatic N) is 2. The molecule has 1 aromatic carbocycles. The molecule has 8 heteroatoms. The summed E-state index contributed by atoms with van der Waals surface area (Å²) in [6, 6.07) is 3.83. The lowest BCUT2D eigenvalue weighted by atomic mass is 10.2. The van der Waals surface area contributed by atoms with Crippen molar-refractivity contribution in [1.82, 2.24) is 4.98 Å². The van der Waals surface area contributed by atoms with Crippen LogP contribution in [0.5, 0.6) is 11.5 Å². The number of hydrogen-bond donors (Lipinski definition) is 2. The number of aromatic nitrogens is 2. The molecular weight excluding hydrogens is 376 g/mol. The summed E-state index contributed by atoms with van der Waals surface area (Å²) in [7, 11) is 3.27. The predicted molar refractivity (Wildman–Crippen MR) is 111 cm³/mol. The highest BCUT2D eigenvalue weighted by Gasteiger charge is 2.22. The Bertz CT molecular complexity index is 797. The maximum atomic E-state index is 6.61. The van der Waals surface area contributed by atoms with Gasteiger partial charge in [-0.25, -0.2) is 4.57 Å². The molecule has 3 rings (SSSR count). The third-order valence-electron chi connectivity index (χ3n) is 5.06. The van der Waals surface area contributed by atoms with Crippen molar-refractivity contribution in [3.05, 3.63) is 12.1 Å². The Morgan fingerprint density at radius 3 is 2.61 bits per heavy atom. The molecule has 1 fully saturated rings. The molecule has 154 valence electrons. The quantitative estimate of drug-likeness (QED) is 0.365. The topological polar surface area (TPSA) is 74.9 Å². The normalized spacial score (nSPS) is 15.1. The van der Waals surface area contributed by atoms with E-state index < -0.39 is 0 Å². The number of nitrogen functional groups attached to an aromatic ring is 1. The summed E-state index contributed by atoms with van der Waals surface area (Å²) in [5, 5.41) is 1.87. The number of morpholine rings is 1. The minimum atomic E-state index is 0.668. The molecule has 0 aliphatic carbocycles. The molecular formula is C20H32N4O3S+2. The molecule has 1 saturated heterocycles. The van der Waals surface area contributed by atoms with Gasteiger partial charge >= 0.3 is 0 Å². The first kappa shape index (κ1) is 21.0. The highest BCUT2D eigenvalue weighted by atomic mass is 32.2. The van der Waals surface area contributed by atoms with Gasteiger partial charge in [-0.15, -0.1) is 0 Å². The van der Waals surface area contributed by atoms with E-state index in [0.29, 0.717) is 11.5 Å². The molecule has 0 saturated carbocycles. The van der Waals surface area contributed by atoms with Crippen molar-refractivity contribution in [2.75, 3.05) is 58.6 Å². The van der Waals surface area contributed by atoms with Crippen LogP contribution in [-0.4, -0.2) is 57.8 Å². The molecule has 0 radical (unpaired) electrons. The lowest BCUT2D eigenvalue weighted by Crippen LogP contribution is -3.14. The lowest BCUT2D eigenvalue weighted by Gasteiger charge is -2.23. The molecule has 0 spiro atoms. The molecule has 0 bridgehead atoms. The number of thioether (sulfide) groups is 1. The van der Waals surface area contributed by atoms with E-state index >= 15 is 0 Å². The third-order valence-corrected chi connectivity index (χ3v) is 6.25. The highest BCUT2D eigenvalue weighted by Crippen LogP contribution is 2.33. The van der Waals surface area contributed by atoms with Gasteiger partial charge in [0.05, 0.1) is 45.9 Å². The van der Waals surface area contributed by atoms with E-state index in [9.17, 15) is 0 Å². The molecule has 7 nitrogen and oxygen atoms in total. The number of benzene rings is 1. The van der Waals surface area contributed by atoms with E-state index in [-0.39, 0.29) is 0 Å². The molecule has 2 aromatic rings. The van der Waals surface area contributed by atoms with E-state index in [1.165, 1.54) is 0 Å². The molecule has 28 heavy (non-hydrogen) atoms. The second-order valence-corrected chi connectivity index (χ2v) is 8.03. The van der Waals surface area contributed by atoms with Gasteiger partial charge in [0.25, 0.3) is 5.16 Å². The van der Waals surface area contributed by atoms with Gasteiger partial charge in [-0.3, -0.25) is 0 Å². The Kier molecular flexibility index (Phi) is 7.58. The molecule has 1 aliphatic heterocycles. The summed E-state index contributed by atoms with van der Waals surface area (Å²) in [5.74, 6) is 3.09. The van der Waals surface area contributed by atoms with Crippen molar-refractivity contribution in [2.24, 2.45) is 0 Å². The van der Waals surface area contributed by atoms with Gasteiger partial charge < -0.3 is 24.8 Å². The summed E-state index contributed by atoms with van der Waals surface area (Å²) in [6.45, 7) is 8.06. The van der Waals surface area contributed by atoms with E-state index in [4.69, 9.17) is 24.9 Å². The molecule has 0 amide bonds. The third kappa shape index (κ3) is 4.79. The number of hydrogen-bond acceptors (Lipinski definition) is 6. The molecule has 0 atom stereocenters. The number of rotatable bonds is 9. The first-order valence-corrected chi connectivity index (χ1v) is 11.0. The van der Waals surface area contributed by atoms with Crippen LogP contribution in [0, 0.1) is 0 Å². The fourth-order valence-corrected chi connectivity index (χ4v) is 4.39. The average Bonchev–Trinajstić information content (AvgIpc) is 2.73. The Morgan fingerprint density at radius 2 is 1.93 bits per heavy atom. The fourth-order valence-electron chi connectivity index (χ4n) is 3.49. The molecule has 0 unspecified atom stereocenters. The number of fused-ring (bicyclic) bond motifs is 1. The maximum Gasteiger partial charge on any atom is 0.299 e. The second-order valence-electron chi connectivity index (χ2n) is 6.97. The number of nitrogens with one attached hydrogen (secondary N) is 1. The van der Waals surface area contributed by atoms with Gasteiger partial charge in [0.15, 0.2) is 17.0 Å². The number of anilines is 1. The minimum absolute atomic E-state index is 0.668. The SMILES string of the molecule is CCCSc1nc2cc(OC)c(OC)cc2c(N)[n+]1CCC[NH+]1CCOCC1. The van der Waals surface area contributed by atoms with E-state index in [1.807, 2.05) is 12.1 Å². The van der Waals surface area contributed by atoms with Crippen LogP contribution in [-0.2, 0) is 11.3 Å². The van der Waals surface area contributed by atoms with Crippen molar-refractivity contribution in [1.29, 1.82) is 0 Å². The van der Waals surface area contributed by atoms with Gasteiger partial charge in [0, 0.05) is 24.3 Å². The van der Waals surface area contributed by atoms with E-state index in [1.54, 1.807) is 30.9 Å². The van der Waals surface area contributed by atoms with Crippen LogP contribution in [0.15, 0.2) is 17.3 Å².